The van der Waals surface area contributed by atoms with Gasteiger partial charge in [0.1, 0.15) is 0 Å². The van der Waals surface area contributed by atoms with Gasteiger partial charge in [-0.3, -0.25) is 9.59 Å². The van der Waals surface area contributed by atoms with Crippen molar-refractivity contribution in [2.24, 2.45) is 11.8 Å². The molecular weight excluding hydrogens is 360 g/mol. The summed E-state index contributed by atoms with van der Waals surface area (Å²) < 4.78 is 0. The fourth-order valence-electron chi connectivity index (χ4n) is 3.84. The van der Waals surface area contributed by atoms with Crippen molar-refractivity contribution in [2.45, 2.75) is 25.8 Å². The maximum atomic E-state index is 13.1. The lowest BCUT2D eigenvalue weighted by molar-refractivity contribution is 0.0771. The van der Waals surface area contributed by atoms with E-state index in [4.69, 9.17) is 11.6 Å². The minimum atomic E-state index is -0.153. The van der Waals surface area contributed by atoms with E-state index in [1.54, 1.807) is 24.3 Å². The molecule has 1 amide bonds. The number of amides is 1. The molecule has 142 valence electrons. The highest BCUT2D eigenvalue weighted by Crippen LogP contribution is 2.28. The summed E-state index contributed by atoms with van der Waals surface area (Å²) in [6.07, 6.45) is 1.54. The lowest BCUT2D eigenvalue weighted by Crippen LogP contribution is -2.53. The summed E-state index contributed by atoms with van der Waals surface area (Å²) in [6.45, 7) is 3.59. The second-order valence-corrected chi connectivity index (χ2v) is 7.42. The molecule has 1 saturated heterocycles. The molecule has 0 aliphatic carbocycles. The lowest BCUT2D eigenvalue weighted by Gasteiger charge is -2.37. The van der Waals surface area contributed by atoms with Gasteiger partial charge in [0.25, 0.3) is 5.91 Å². The zero-order valence-electron chi connectivity index (χ0n) is 15.5. The number of Topliss-reactive ketones (excluding diaryl/α,β-unsaturated/α-hetero) is 1. The molecule has 1 aliphatic rings. The largest absolute Gasteiger partial charge is 0.349 e. The summed E-state index contributed by atoms with van der Waals surface area (Å²) in [5.74, 6) is -0.0669. The van der Waals surface area contributed by atoms with E-state index in [1.807, 2.05) is 37.3 Å². The Kier molecular flexibility index (Phi) is 6.64. The summed E-state index contributed by atoms with van der Waals surface area (Å²) >= 11 is 5.95. The highest BCUT2D eigenvalue weighted by atomic mass is 35.5. The van der Waals surface area contributed by atoms with E-state index >= 15 is 0 Å². The van der Waals surface area contributed by atoms with E-state index < -0.39 is 0 Å². The molecular formula is C22H25ClN2O2. The Morgan fingerprint density at radius 3 is 2.48 bits per heavy atom. The van der Waals surface area contributed by atoms with Gasteiger partial charge in [-0.05, 0) is 55.8 Å². The predicted molar refractivity (Wildman–Crippen MR) is 108 cm³/mol. The molecule has 5 heteroatoms. The Morgan fingerprint density at radius 2 is 1.81 bits per heavy atom. The molecule has 4 nitrogen and oxygen atoms in total. The fourth-order valence-corrected chi connectivity index (χ4v) is 3.96. The first-order chi connectivity index (χ1) is 13.1. The fraction of sp³-hybridized carbons (Fsp3) is 0.364. The smallest absolute Gasteiger partial charge is 0.251 e. The van der Waals surface area contributed by atoms with Crippen molar-refractivity contribution in [1.82, 2.24) is 10.6 Å². The third-order valence-corrected chi connectivity index (χ3v) is 5.56. The zero-order valence-corrected chi connectivity index (χ0v) is 16.2. The number of halogens is 1. The summed E-state index contributed by atoms with van der Waals surface area (Å²) in [5.41, 5.74) is 1.32. The van der Waals surface area contributed by atoms with Gasteiger partial charge in [-0.1, -0.05) is 36.7 Å². The number of piperidine rings is 1. The SMILES string of the molecule is CCC(C(=O)c1ccc(Cl)cc1)C1CNCCC1NC(=O)c1ccccc1. The van der Waals surface area contributed by atoms with Crippen molar-refractivity contribution in [1.29, 1.82) is 0 Å². The Bertz CT molecular complexity index is 777. The molecule has 0 saturated carbocycles. The van der Waals surface area contributed by atoms with Gasteiger partial charge in [-0.25, -0.2) is 0 Å². The number of carbonyl (C=O) groups excluding carboxylic acids is 2. The van der Waals surface area contributed by atoms with Crippen LogP contribution in [0.15, 0.2) is 54.6 Å². The van der Waals surface area contributed by atoms with Crippen molar-refractivity contribution < 1.29 is 9.59 Å². The molecule has 3 atom stereocenters. The number of nitrogens with one attached hydrogen (secondary N) is 2. The lowest BCUT2D eigenvalue weighted by atomic mass is 9.77. The van der Waals surface area contributed by atoms with Crippen molar-refractivity contribution in [3.05, 3.63) is 70.7 Å². The number of rotatable bonds is 6. The molecule has 2 aromatic carbocycles. The van der Waals surface area contributed by atoms with Crippen molar-refractivity contribution in [2.75, 3.05) is 13.1 Å². The molecule has 0 aromatic heterocycles. The van der Waals surface area contributed by atoms with Crippen LogP contribution in [0.3, 0.4) is 0 Å². The van der Waals surface area contributed by atoms with Crippen LogP contribution < -0.4 is 10.6 Å². The molecule has 2 aromatic rings. The minimum Gasteiger partial charge on any atom is -0.349 e. The van der Waals surface area contributed by atoms with E-state index in [1.165, 1.54) is 0 Å². The number of hydrogen-bond donors (Lipinski definition) is 2. The number of carbonyl (C=O) groups is 2. The van der Waals surface area contributed by atoms with Gasteiger partial charge in [0, 0.05) is 40.6 Å². The molecule has 0 radical (unpaired) electrons. The number of ketones is 1. The van der Waals surface area contributed by atoms with Crippen molar-refractivity contribution in [3.8, 4) is 0 Å². The molecule has 3 rings (SSSR count). The second kappa shape index (κ2) is 9.16. The Hall–Kier alpha value is -2.17. The van der Waals surface area contributed by atoms with E-state index in [9.17, 15) is 9.59 Å². The molecule has 3 unspecified atom stereocenters. The first-order valence-electron chi connectivity index (χ1n) is 9.46. The van der Waals surface area contributed by atoms with Crippen molar-refractivity contribution in [3.63, 3.8) is 0 Å². The average Bonchev–Trinajstić information content (AvgIpc) is 2.71. The molecule has 1 fully saturated rings. The number of hydrogen-bond acceptors (Lipinski definition) is 3. The van der Waals surface area contributed by atoms with Gasteiger partial charge in [-0.15, -0.1) is 0 Å². The van der Waals surface area contributed by atoms with Gasteiger partial charge in [0.15, 0.2) is 5.78 Å². The quantitative estimate of drug-likeness (QED) is 0.741. The minimum absolute atomic E-state index is 0.0276. The monoisotopic (exact) mass is 384 g/mol. The standard InChI is InChI=1S/C22H25ClN2O2/c1-2-18(21(26)15-8-10-17(23)11-9-15)19-14-24-13-12-20(19)25-22(27)16-6-4-3-5-7-16/h3-11,18-20,24H,2,12-14H2,1H3,(H,25,27). The highest BCUT2D eigenvalue weighted by molar-refractivity contribution is 6.30. The third kappa shape index (κ3) is 4.76. The van der Waals surface area contributed by atoms with Crippen molar-refractivity contribution >= 4 is 23.3 Å². The summed E-state index contributed by atoms with van der Waals surface area (Å²) in [4.78, 5) is 25.7. The maximum Gasteiger partial charge on any atom is 0.251 e. The molecule has 0 bridgehead atoms. The van der Waals surface area contributed by atoms with E-state index in [0.29, 0.717) is 16.1 Å². The van der Waals surface area contributed by atoms with Gasteiger partial charge >= 0.3 is 0 Å². The van der Waals surface area contributed by atoms with Crippen LogP contribution in [-0.2, 0) is 0 Å². The van der Waals surface area contributed by atoms with E-state index in [2.05, 4.69) is 10.6 Å². The normalized spacial score (nSPS) is 20.7. The van der Waals surface area contributed by atoms with E-state index in [0.717, 1.165) is 25.9 Å². The van der Waals surface area contributed by atoms with Gasteiger partial charge < -0.3 is 10.6 Å². The zero-order chi connectivity index (χ0) is 19.2. The molecule has 1 aliphatic heterocycles. The molecule has 1 heterocycles. The summed E-state index contributed by atoms with van der Waals surface area (Å²) in [5, 5.41) is 7.16. The van der Waals surface area contributed by atoms with E-state index in [-0.39, 0.29) is 29.6 Å². The topological polar surface area (TPSA) is 58.2 Å². The van der Waals surface area contributed by atoms with Crippen LogP contribution in [0.4, 0.5) is 0 Å². The van der Waals surface area contributed by atoms with Crippen LogP contribution in [0.2, 0.25) is 5.02 Å². The molecule has 27 heavy (non-hydrogen) atoms. The Morgan fingerprint density at radius 1 is 1.11 bits per heavy atom. The Balaban J connectivity index is 1.77. The third-order valence-electron chi connectivity index (χ3n) is 5.30. The van der Waals surface area contributed by atoms with Gasteiger partial charge in [0.05, 0.1) is 0 Å². The van der Waals surface area contributed by atoms with Crippen LogP contribution in [0, 0.1) is 11.8 Å². The van der Waals surface area contributed by atoms with Crippen LogP contribution in [-0.4, -0.2) is 30.8 Å². The molecule has 2 N–H and O–H groups in total. The van der Waals surface area contributed by atoms with Gasteiger partial charge in [-0.2, -0.15) is 0 Å². The van der Waals surface area contributed by atoms with Crippen LogP contribution in [0.25, 0.3) is 0 Å². The van der Waals surface area contributed by atoms with Crippen LogP contribution >= 0.6 is 11.6 Å². The number of benzene rings is 2. The second-order valence-electron chi connectivity index (χ2n) is 6.99. The van der Waals surface area contributed by atoms with Crippen LogP contribution in [0.1, 0.15) is 40.5 Å². The first-order valence-corrected chi connectivity index (χ1v) is 9.84. The summed E-state index contributed by atoms with van der Waals surface area (Å²) in [6, 6.07) is 16.2. The summed E-state index contributed by atoms with van der Waals surface area (Å²) in [7, 11) is 0. The first kappa shape index (κ1) is 19.6. The van der Waals surface area contributed by atoms with Gasteiger partial charge in [0.2, 0.25) is 0 Å². The Labute approximate surface area is 165 Å². The molecule has 0 spiro atoms. The predicted octanol–water partition coefficient (Wildman–Crippen LogP) is 3.96. The van der Waals surface area contributed by atoms with Crippen LogP contribution in [0.5, 0.6) is 0 Å². The average molecular weight is 385 g/mol. The highest BCUT2D eigenvalue weighted by Gasteiger charge is 2.36. The maximum absolute atomic E-state index is 13.1.